The molecule has 0 fully saturated rings. The van der Waals surface area contributed by atoms with Gasteiger partial charge in [0, 0.05) is 17.8 Å². The predicted octanol–water partition coefficient (Wildman–Crippen LogP) is 1.51. The second-order valence-electron chi connectivity index (χ2n) is 5.99. The molecule has 1 aromatic carbocycles. The Kier molecular flexibility index (Phi) is 2.68. The lowest BCUT2D eigenvalue weighted by atomic mass is 9.80. The summed E-state index contributed by atoms with van der Waals surface area (Å²) in [7, 11) is 0. The number of nitrogens with zero attached hydrogens (tertiary/aromatic N) is 5. The summed E-state index contributed by atoms with van der Waals surface area (Å²) in [5.74, 6) is 0.655. The zero-order valence-corrected chi connectivity index (χ0v) is 12.6. The van der Waals surface area contributed by atoms with Gasteiger partial charge in [0.05, 0.1) is 16.9 Å². The lowest BCUT2D eigenvalue weighted by Gasteiger charge is -2.42. The number of hydrazone groups is 1. The summed E-state index contributed by atoms with van der Waals surface area (Å²) in [6, 6.07) is 6.43. The molecule has 3 atom stereocenters. The first-order valence-electron chi connectivity index (χ1n) is 7.23. The smallest absolute Gasteiger partial charge is 0.269 e. The summed E-state index contributed by atoms with van der Waals surface area (Å²) in [6.45, 7) is 3.99. The molecule has 118 valence electrons. The first kappa shape index (κ1) is 13.7. The Bertz CT molecular complexity index is 813. The second-order valence-corrected chi connectivity index (χ2v) is 5.99. The van der Waals surface area contributed by atoms with Crippen LogP contribution in [0.25, 0.3) is 0 Å². The van der Waals surface area contributed by atoms with E-state index in [1.54, 1.807) is 16.8 Å². The van der Waals surface area contributed by atoms with Crippen molar-refractivity contribution in [3.63, 3.8) is 0 Å². The number of anilines is 1. The number of benzene rings is 1. The van der Waals surface area contributed by atoms with Crippen molar-refractivity contribution in [3.05, 3.63) is 46.3 Å². The van der Waals surface area contributed by atoms with Crippen LogP contribution in [0.5, 0.6) is 0 Å². The average Bonchev–Trinajstić information content (AvgIpc) is 3.09. The van der Waals surface area contributed by atoms with E-state index in [0.29, 0.717) is 5.95 Å². The highest BCUT2D eigenvalue weighted by Gasteiger charge is 2.51. The number of fused-ring (bicyclic) bond motifs is 2. The molecule has 2 aliphatic heterocycles. The number of hydrogen-bond donors (Lipinski definition) is 2. The molecule has 0 spiro atoms. The van der Waals surface area contributed by atoms with Crippen molar-refractivity contribution in [3.8, 4) is 0 Å². The van der Waals surface area contributed by atoms with E-state index in [-0.39, 0.29) is 17.6 Å². The summed E-state index contributed by atoms with van der Waals surface area (Å²) in [6.07, 6.45) is 1.50. The molecule has 0 unspecified atom stereocenters. The van der Waals surface area contributed by atoms with Gasteiger partial charge in [-0.2, -0.15) is 15.2 Å². The van der Waals surface area contributed by atoms with Crippen LogP contribution in [0.4, 0.5) is 11.6 Å². The van der Waals surface area contributed by atoms with Crippen LogP contribution in [0, 0.1) is 16.0 Å². The first-order valence-corrected chi connectivity index (χ1v) is 7.23. The zero-order chi connectivity index (χ0) is 16.2. The molecule has 0 saturated carbocycles. The van der Waals surface area contributed by atoms with Gasteiger partial charge >= 0.3 is 0 Å². The summed E-state index contributed by atoms with van der Waals surface area (Å²) in [4.78, 5) is 14.7. The molecule has 4 rings (SSSR count). The van der Waals surface area contributed by atoms with Gasteiger partial charge in [-0.1, -0.05) is 12.1 Å². The third-order valence-electron chi connectivity index (χ3n) is 4.51. The molecule has 9 heteroatoms. The predicted molar refractivity (Wildman–Crippen MR) is 83.0 cm³/mol. The molecule has 3 heterocycles. The van der Waals surface area contributed by atoms with Crippen LogP contribution in [-0.4, -0.2) is 31.1 Å². The van der Waals surface area contributed by atoms with Gasteiger partial charge in [-0.25, -0.2) is 4.68 Å². The monoisotopic (exact) mass is 313 g/mol. The highest BCUT2D eigenvalue weighted by atomic mass is 16.6. The second kappa shape index (κ2) is 4.51. The highest BCUT2D eigenvalue weighted by molar-refractivity contribution is 5.89. The van der Waals surface area contributed by atoms with Crippen molar-refractivity contribution in [2.24, 2.45) is 11.0 Å². The Labute approximate surface area is 131 Å². The van der Waals surface area contributed by atoms with Crippen LogP contribution >= 0.6 is 0 Å². The molecule has 0 bridgehead atoms. The summed E-state index contributed by atoms with van der Waals surface area (Å²) >= 11 is 0. The number of nitrogens with one attached hydrogen (secondary N) is 2. The lowest BCUT2D eigenvalue weighted by Crippen LogP contribution is -2.57. The van der Waals surface area contributed by atoms with Gasteiger partial charge in [0.25, 0.3) is 5.69 Å². The minimum Gasteiger partial charge on any atom is -0.330 e. The van der Waals surface area contributed by atoms with Gasteiger partial charge in [0.1, 0.15) is 12.0 Å². The average molecular weight is 313 g/mol. The molecule has 2 N–H and O–H groups in total. The molecular weight excluding hydrogens is 298 g/mol. The van der Waals surface area contributed by atoms with Gasteiger partial charge in [0.15, 0.2) is 0 Å². The van der Waals surface area contributed by atoms with Crippen LogP contribution in [0.3, 0.4) is 0 Å². The first-order chi connectivity index (χ1) is 11.0. The molecule has 2 aromatic rings. The number of rotatable bonds is 2. The lowest BCUT2D eigenvalue weighted by molar-refractivity contribution is -0.384. The topological polar surface area (TPSA) is 110 Å². The van der Waals surface area contributed by atoms with Gasteiger partial charge in [-0.3, -0.25) is 15.5 Å². The fourth-order valence-corrected chi connectivity index (χ4v) is 3.45. The quantitative estimate of drug-likeness (QED) is 0.642. The third-order valence-corrected chi connectivity index (χ3v) is 4.51. The molecule has 23 heavy (non-hydrogen) atoms. The Morgan fingerprint density at radius 2 is 2.09 bits per heavy atom. The van der Waals surface area contributed by atoms with E-state index < -0.39 is 10.6 Å². The normalized spacial score (nSPS) is 28.2. The van der Waals surface area contributed by atoms with E-state index in [4.69, 9.17) is 0 Å². The van der Waals surface area contributed by atoms with E-state index in [1.807, 2.05) is 13.8 Å². The molecular formula is C14H15N7O2. The van der Waals surface area contributed by atoms with Crippen LogP contribution in [0.2, 0.25) is 0 Å². The van der Waals surface area contributed by atoms with E-state index in [0.717, 1.165) is 11.3 Å². The van der Waals surface area contributed by atoms with Crippen LogP contribution < -0.4 is 10.7 Å². The van der Waals surface area contributed by atoms with Gasteiger partial charge in [0.2, 0.25) is 5.95 Å². The van der Waals surface area contributed by atoms with E-state index in [2.05, 4.69) is 25.9 Å². The van der Waals surface area contributed by atoms with Crippen molar-refractivity contribution < 1.29 is 4.92 Å². The molecule has 0 radical (unpaired) electrons. The van der Waals surface area contributed by atoms with Crippen molar-refractivity contribution in [2.45, 2.75) is 25.6 Å². The zero-order valence-electron chi connectivity index (χ0n) is 12.6. The standard InChI is InChI=1S/C14H15N7O2/c1-8-11-12(9-3-5-10(6-4-9)21(22)23)20-13(15-7-16-20)17-14(11,2)19-18-8/h3-7,11-12,19H,1-2H3,(H,15,16,17)/t11-,12+,14-/m0/s1. The van der Waals surface area contributed by atoms with Gasteiger partial charge < -0.3 is 5.32 Å². The maximum absolute atomic E-state index is 10.9. The summed E-state index contributed by atoms with van der Waals surface area (Å²) < 4.78 is 1.81. The Balaban J connectivity index is 1.84. The Hall–Kier alpha value is -2.97. The maximum atomic E-state index is 10.9. The Morgan fingerprint density at radius 3 is 2.78 bits per heavy atom. The third kappa shape index (κ3) is 1.89. The van der Waals surface area contributed by atoms with Gasteiger partial charge in [-0.15, -0.1) is 0 Å². The van der Waals surface area contributed by atoms with Crippen molar-refractivity contribution >= 4 is 17.3 Å². The van der Waals surface area contributed by atoms with E-state index >= 15 is 0 Å². The van der Waals surface area contributed by atoms with E-state index in [1.165, 1.54) is 18.5 Å². The summed E-state index contributed by atoms with van der Waals surface area (Å²) in [5, 5.41) is 22.9. The van der Waals surface area contributed by atoms with E-state index in [9.17, 15) is 10.1 Å². The van der Waals surface area contributed by atoms with Crippen LogP contribution in [0.15, 0.2) is 35.7 Å². The largest absolute Gasteiger partial charge is 0.330 e. The number of hydrogen-bond acceptors (Lipinski definition) is 7. The number of nitro benzene ring substituents is 1. The number of non-ortho nitro benzene ring substituents is 1. The fourth-order valence-electron chi connectivity index (χ4n) is 3.45. The number of aromatic nitrogens is 3. The van der Waals surface area contributed by atoms with Crippen molar-refractivity contribution in [1.29, 1.82) is 0 Å². The molecule has 0 saturated heterocycles. The minimum atomic E-state index is -0.473. The molecule has 2 aliphatic rings. The SMILES string of the molecule is CC1=NN[C@]2(C)Nc3ncnn3[C@H](c3ccc([N+](=O)[O-])cc3)[C@H]12. The van der Waals surface area contributed by atoms with Crippen LogP contribution in [0.1, 0.15) is 25.5 Å². The maximum Gasteiger partial charge on any atom is 0.269 e. The number of nitro groups is 1. The van der Waals surface area contributed by atoms with Crippen molar-refractivity contribution in [2.75, 3.05) is 5.32 Å². The van der Waals surface area contributed by atoms with Gasteiger partial charge in [-0.05, 0) is 19.4 Å². The van der Waals surface area contributed by atoms with Crippen molar-refractivity contribution in [1.82, 2.24) is 20.2 Å². The summed E-state index contributed by atoms with van der Waals surface area (Å²) in [5.41, 5.74) is 4.61. The Morgan fingerprint density at radius 1 is 1.35 bits per heavy atom. The fraction of sp³-hybridized carbons (Fsp3) is 0.357. The van der Waals surface area contributed by atoms with Crippen LogP contribution in [-0.2, 0) is 0 Å². The highest BCUT2D eigenvalue weighted by Crippen LogP contribution is 2.43. The minimum absolute atomic E-state index is 0.0122. The molecule has 9 nitrogen and oxygen atoms in total. The molecule has 0 aliphatic carbocycles. The molecule has 1 aromatic heterocycles. The molecule has 0 amide bonds.